The molecule has 0 saturated carbocycles. The Kier molecular flexibility index (Phi) is 7.10. The number of carbonyl (C=O) groups excluding carboxylic acids is 1. The summed E-state index contributed by atoms with van der Waals surface area (Å²) in [5, 5.41) is 2.61. The molecule has 2 aromatic carbocycles. The standard InChI is InChI=1S/C20H23ClFN3O3S/c21-18-13-17(8-9-19(18)22)29(27,28)24-11-10-20(26)23-14-16-7-4-12-25(16)15-5-2-1-3-6-15/h1-3,5-6,8-9,13,16,24H,4,7,10-12,14H2,(H,23,26). The Balaban J connectivity index is 1.46. The lowest BCUT2D eigenvalue weighted by Gasteiger charge is -2.27. The summed E-state index contributed by atoms with van der Waals surface area (Å²) >= 11 is 5.63. The number of rotatable bonds is 8. The van der Waals surface area contributed by atoms with E-state index >= 15 is 0 Å². The van der Waals surface area contributed by atoms with E-state index in [1.54, 1.807) is 0 Å². The number of sulfonamides is 1. The Morgan fingerprint density at radius 2 is 1.97 bits per heavy atom. The second-order valence-corrected chi connectivity index (χ2v) is 9.03. The van der Waals surface area contributed by atoms with E-state index < -0.39 is 15.8 Å². The van der Waals surface area contributed by atoms with Crippen molar-refractivity contribution in [3.05, 3.63) is 59.4 Å². The van der Waals surface area contributed by atoms with E-state index in [1.165, 1.54) is 0 Å². The van der Waals surface area contributed by atoms with Crippen molar-refractivity contribution in [2.45, 2.75) is 30.2 Å². The van der Waals surface area contributed by atoms with Gasteiger partial charge in [0.2, 0.25) is 15.9 Å². The molecule has 1 aliphatic rings. The lowest BCUT2D eigenvalue weighted by atomic mass is 10.2. The summed E-state index contributed by atoms with van der Waals surface area (Å²) in [6.07, 6.45) is 2.06. The normalized spacial score (nSPS) is 16.8. The van der Waals surface area contributed by atoms with Gasteiger partial charge in [0, 0.05) is 37.8 Å². The molecule has 2 N–H and O–H groups in total. The van der Waals surface area contributed by atoms with Crippen molar-refractivity contribution in [3.8, 4) is 0 Å². The predicted molar refractivity (Wildman–Crippen MR) is 111 cm³/mol. The molecule has 1 saturated heterocycles. The van der Waals surface area contributed by atoms with Gasteiger partial charge in [-0.3, -0.25) is 4.79 Å². The summed E-state index contributed by atoms with van der Waals surface area (Å²) in [6, 6.07) is 13.4. The van der Waals surface area contributed by atoms with Gasteiger partial charge >= 0.3 is 0 Å². The van der Waals surface area contributed by atoms with Crippen molar-refractivity contribution in [3.63, 3.8) is 0 Å². The highest BCUT2D eigenvalue weighted by molar-refractivity contribution is 7.89. The summed E-state index contributed by atoms with van der Waals surface area (Å²) < 4.78 is 40.0. The number of carbonyl (C=O) groups is 1. The average molecular weight is 440 g/mol. The first-order valence-corrected chi connectivity index (χ1v) is 11.3. The molecule has 3 rings (SSSR count). The zero-order valence-electron chi connectivity index (χ0n) is 15.8. The first kappa shape index (κ1) is 21.5. The van der Waals surface area contributed by atoms with Gasteiger partial charge < -0.3 is 10.2 Å². The minimum atomic E-state index is -3.86. The average Bonchev–Trinajstić information content (AvgIpc) is 3.17. The van der Waals surface area contributed by atoms with Crippen molar-refractivity contribution in [1.29, 1.82) is 0 Å². The van der Waals surface area contributed by atoms with E-state index in [2.05, 4.69) is 27.1 Å². The molecule has 1 heterocycles. The number of anilines is 1. The molecule has 6 nitrogen and oxygen atoms in total. The van der Waals surface area contributed by atoms with Crippen LogP contribution in [0.1, 0.15) is 19.3 Å². The Hall–Kier alpha value is -2.16. The molecule has 2 aromatic rings. The molecule has 156 valence electrons. The highest BCUT2D eigenvalue weighted by atomic mass is 35.5. The van der Waals surface area contributed by atoms with E-state index in [4.69, 9.17) is 11.6 Å². The second kappa shape index (κ2) is 9.56. The Morgan fingerprint density at radius 1 is 1.21 bits per heavy atom. The van der Waals surface area contributed by atoms with Gasteiger partial charge in [-0.2, -0.15) is 0 Å². The summed E-state index contributed by atoms with van der Waals surface area (Å²) in [6.45, 7) is 1.40. The van der Waals surface area contributed by atoms with Gasteiger partial charge in [0.25, 0.3) is 0 Å². The van der Waals surface area contributed by atoms with E-state index in [-0.39, 0.29) is 34.8 Å². The van der Waals surface area contributed by atoms with Crippen molar-refractivity contribution < 1.29 is 17.6 Å². The molecule has 1 amide bonds. The highest BCUT2D eigenvalue weighted by Crippen LogP contribution is 2.24. The second-order valence-electron chi connectivity index (χ2n) is 6.85. The van der Waals surface area contributed by atoms with Gasteiger partial charge in [-0.25, -0.2) is 17.5 Å². The number of benzene rings is 2. The van der Waals surface area contributed by atoms with Crippen LogP contribution in [-0.4, -0.2) is 40.0 Å². The SMILES string of the molecule is O=C(CCNS(=O)(=O)c1ccc(F)c(Cl)c1)NCC1CCCN1c1ccccc1. The molecule has 1 fully saturated rings. The molecule has 0 bridgehead atoms. The van der Waals surface area contributed by atoms with E-state index in [0.717, 1.165) is 43.3 Å². The molecule has 1 atom stereocenters. The first-order valence-electron chi connectivity index (χ1n) is 9.40. The van der Waals surface area contributed by atoms with Crippen molar-refractivity contribution in [2.75, 3.05) is 24.5 Å². The van der Waals surface area contributed by atoms with Crippen molar-refractivity contribution in [1.82, 2.24) is 10.0 Å². The predicted octanol–water partition coefficient (Wildman–Crippen LogP) is 2.93. The molecule has 0 spiro atoms. The number of nitrogens with zero attached hydrogens (tertiary/aromatic N) is 1. The maximum absolute atomic E-state index is 13.2. The van der Waals surface area contributed by atoms with Crippen LogP contribution in [0, 0.1) is 5.82 Å². The third kappa shape index (κ3) is 5.68. The molecule has 9 heteroatoms. The third-order valence-electron chi connectivity index (χ3n) is 4.85. The van der Waals surface area contributed by atoms with Crippen LogP contribution in [0.4, 0.5) is 10.1 Å². The van der Waals surface area contributed by atoms with Gasteiger partial charge in [0.15, 0.2) is 0 Å². The fraction of sp³-hybridized carbons (Fsp3) is 0.350. The van der Waals surface area contributed by atoms with Crippen LogP contribution in [0.5, 0.6) is 0 Å². The van der Waals surface area contributed by atoms with Gasteiger partial charge in [0.05, 0.1) is 9.92 Å². The molecule has 1 unspecified atom stereocenters. The minimum absolute atomic E-state index is 0.00616. The molecular weight excluding hydrogens is 417 g/mol. The highest BCUT2D eigenvalue weighted by Gasteiger charge is 2.25. The van der Waals surface area contributed by atoms with E-state index in [9.17, 15) is 17.6 Å². The summed E-state index contributed by atoms with van der Waals surface area (Å²) in [7, 11) is -3.86. The summed E-state index contributed by atoms with van der Waals surface area (Å²) in [4.78, 5) is 14.3. The number of amides is 1. The largest absolute Gasteiger partial charge is 0.367 e. The van der Waals surface area contributed by atoms with Gasteiger partial charge in [0.1, 0.15) is 5.82 Å². The van der Waals surface area contributed by atoms with Crippen LogP contribution < -0.4 is 14.9 Å². The van der Waals surface area contributed by atoms with E-state index in [0.29, 0.717) is 6.54 Å². The van der Waals surface area contributed by atoms with Crippen LogP contribution in [0.3, 0.4) is 0 Å². The summed E-state index contributed by atoms with van der Waals surface area (Å²) in [5.41, 5.74) is 1.13. The van der Waals surface area contributed by atoms with Crippen LogP contribution >= 0.6 is 11.6 Å². The first-order chi connectivity index (χ1) is 13.9. The zero-order valence-corrected chi connectivity index (χ0v) is 17.3. The van der Waals surface area contributed by atoms with Crippen LogP contribution in [0.15, 0.2) is 53.4 Å². The van der Waals surface area contributed by atoms with Crippen molar-refractivity contribution >= 4 is 33.2 Å². The number of para-hydroxylation sites is 1. The monoisotopic (exact) mass is 439 g/mol. The molecule has 29 heavy (non-hydrogen) atoms. The number of nitrogens with one attached hydrogen (secondary N) is 2. The van der Waals surface area contributed by atoms with Gasteiger partial charge in [-0.05, 0) is 43.2 Å². The van der Waals surface area contributed by atoms with Crippen molar-refractivity contribution in [2.24, 2.45) is 0 Å². The van der Waals surface area contributed by atoms with Crippen LogP contribution in [0.25, 0.3) is 0 Å². The molecule has 0 aliphatic carbocycles. The lowest BCUT2D eigenvalue weighted by Crippen LogP contribution is -2.41. The lowest BCUT2D eigenvalue weighted by molar-refractivity contribution is -0.120. The van der Waals surface area contributed by atoms with Crippen LogP contribution in [-0.2, 0) is 14.8 Å². The number of halogens is 2. The maximum Gasteiger partial charge on any atom is 0.240 e. The van der Waals surface area contributed by atoms with Crippen LogP contribution in [0.2, 0.25) is 5.02 Å². The molecule has 1 aliphatic heterocycles. The topological polar surface area (TPSA) is 78.5 Å². The molecule has 0 radical (unpaired) electrons. The molecule has 0 aromatic heterocycles. The smallest absolute Gasteiger partial charge is 0.240 e. The third-order valence-corrected chi connectivity index (χ3v) is 6.59. The van der Waals surface area contributed by atoms with Gasteiger partial charge in [-0.1, -0.05) is 29.8 Å². The van der Waals surface area contributed by atoms with E-state index in [1.807, 2.05) is 18.2 Å². The fourth-order valence-electron chi connectivity index (χ4n) is 3.35. The van der Waals surface area contributed by atoms with Gasteiger partial charge in [-0.15, -0.1) is 0 Å². The Labute approximate surface area is 175 Å². The number of hydrogen-bond acceptors (Lipinski definition) is 4. The number of hydrogen-bond donors (Lipinski definition) is 2. The fourth-order valence-corrected chi connectivity index (χ4v) is 4.66. The maximum atomic E-state index is 13.2. The molecular formula is C20H23ClFN3O3S. The summed E-state index contributed by atoms with van der Waals surface area (Å²) in [5.74, 6) is -0.925. The Morgan fingerprint density at radius 3 is 2.69 bits per heavy atom. The minimum Gasteiger partial charge on any atom is -0.367 e. The Bertz CT molecular complexity index is 957. The zero-order chi connectivity index (χ0) is 20.9. The quantitative estimate of drug-likeness (QED) is 0.663.